The van der Waals surface area contributed by atoms with E-state index >= 15 is 0 Å². The molecular weight excluding hydrogens is 262 g/mol. The molecule has 0 aliphatic heterocycles. The van der Waals surface area contributed by atoms with Gasteiger partial charge in [0.1, 0.15) is 0 Å². The first kappa shape index (κ1) is 13.0. The first-order valence-electron chi connectivity index (χ1n) is 6.58. The maximum absolute atomic E-state index is 8.95. The quantitative estimate of drug-likeness (QED) is 0.736. The van der Waals surface area contributed by atoms with Crippen molar-refractivity contribution in [3.63, 3.8) is 0 Å². The van der Waals surface area contributed by atoms with E-state index in [1.165, 1.54) is 0 Å². The molecule has 0 amide bonds. The molecule has 1 aromatic heterocycles. The molecule has 5 heteroatoms. The largest absolute Gasteiger partial charge is 0.221 e. The van der Waals surface area contributed by atoms with Crippen LogP contribution in [0, 0.1) is 18.3 Å². The summed E-state index contributed by atoms with van der Waals surface area (Å²) in [6, 6.07) is 17.7. The van der Waals surface area contributed by atoms with Crippen LogP contribution in [-0.4, -0.2) is 20.2 Å². The first-order valence-corrected chi connectivity index (χ1v) is 6.58. The van der Waals surface area contributed by atoms with Crippen molar-refractivity contribution in [3.8, 4) is 17.5 Å². The van der Waals surface area contributed by atoms with Crippen LogP contribution in [0.2, 0.25) is 0 Å². The van der Waals surface area contributed by atoms with E-state index in [0.717, 1.165) is 22.5 Å². The van der Waals surface area contributed by atoms with Crippen LogP contribution in [-0.2, 0) is 6.54 Å². The van der Waals surface area contributed by atoms with Crippen LogP contribution in [0.4, 0.5) is 0 Å². The molecule has 0 aliphatic rings. The zero-order valence-electron chi connectivity index (χ0n) is 11.6. The van der Waals surface area contributed by atoms with Crippen LogP contribution < -0.4 is 0 Å². The number of nitrogens with zero attached hydrogens (tertiary/aromatic N) is 5. The van der Waals surface area contributed by atoms with Gasteiger partial charge in [0.2, 0.25) is 0 Å². The molecule has 3 aromatic rings. The van der Waals surface area contributed by atoms with Gasteiger partial charge in [-0.1, -0.05) is 35.9 Å². The Kier molecular flexibility index (Phi) is 3.44. The second kappa shape index (κ2) is 5.55. The number of benzene rings is 2. The van der Waals surface area contributed by atoms with E-state index in [1.807, 2.05) is 49.4 Å². The Bertz CT molecular complexity index is 813. The van der Waals surface area contributed by atoms with Gasteiger partial charge in [-0.2, -0.15) is 5.26 Å². The van der Waals surface area contributed by atoms with Gasteiger partial charge in [0.05, 0.1) is 18.2 Å². The Morgan fingerprint density at radius 1 is 1.14 bits per heavy atom. The molecular formula is C16H13N5. The van der Waals surface area contributed by atoms with E-state index in [2.05, 4.69) is 21.6 Å². The molecule has 0 N–H and O–H groups in total. The number of aromatic nitrogens is 4. The average Bonchev–Trinajstić information content (AvgIpc) is 2.95. The summed E-state index contributed by atoms with van der Waals surface area (Å²) in [5.74, 6) is 0.723. The van der Waals surface area contributed by atoms with Crippen molar-refractivity contribution in [1.29, 1.82) is 5.26 Å². The predicted octanol–water partition coefficient (Wildman–Crippen LogP) is 2.57. The molecule has 21 heavy (non-hydrogen) atoms. The minimum atomic E-state index is 0.534. The highest BCUT2D eigenvalue weighted by Gasteiger charge is 2.09. The van der Waals surface area contributed by atoms with Gasteiger partial charge in [-0.05, 0) is 41.1 Å². The summed E-state index contributed by atoms with van der Waals surface area (Å²) in [7, 11) is 0. The van der Waals surface area contributed by atoms with Crippen LogP contribution in [0.5, 0.6) is 0 Å². The molecule has 0 spiro atoms. The second-order valence-electron chi connectivity index (χ2n) is 4.84. The Morgan fingerprint density at radius 2 is 2.00 bits per heavy atom. The van der Waals surface area contributed by atoms with E-state index in [-0.39, 0.29) is 0 Å². The topological polar surface area (TPSA) is 67.4 Å². The standard InChI is InChI=1S/C16H13N5/c1-12-4-2-7-15(8-12)16-18-19-20-21(16)11-14-6-3-5-13(9-14)10-17/h2-9H,11H2,1H3. The van der Waals surface area contributed by atoms with Crippen molar-refractivity contribution >= 4 is 0 Å². The van der Waals surface area contributed by atoms with Gasteiger partial charge >= 0.3 is 0 Å². The highest BCUT2D eigenvalue weighted by molar-refractivity contribution is 5.55. The minimum absolute atomic E-state index is 0.534. The van der Waals surface area contributed by atoms with Crippen LogP contribution in [0.15, 0.2) is 48.5 Å². The van der Waals surface area contributed by atoms with Gasteiger partial charge in [0.25, 0.3) is 0 Å². The van der Waals surface area contributed by atoms with Crippen molar-refractivity contribution < 1.29 is 0 Å². The number of rotatable bonds is 3. The molecule has 0 unspecified atom stereocenters. The third kappa shape index (κ3) is 2.79. The zero-order valence-corrected chi connectivity index (χ0v) is 11.6. The lowest BCUT2D eigenvalue weighted by molar-refractivity contribution is 0.653. The molecule has 0 bridgehead atoms. The number of nitriles is 1. The molecule has 0 fully saturated rings. The van der Waals surface area contributed by atoms with Gasteiger partial charge < -0.3 is 0 Å². The van der Waals surface area contributed by atoms with Crippen molar-refractivity contribution in [1.82, 2.24) is 20.2 Å². The molecule has 1 heterocycles. The van der Waals surface area contributed by atoms with Gasteiger partial charge in [-0.15, -0.1) is 5.10 Å². The average molecular weight is 275 g/mol. The van der Waals surface area contributed by atoms with Crippen molar-refractivity contribution in [2.24, 2.45) is 0 Å². The Balaban J connectivity index is 1.94. The number of hydrogen-bond donors (Lipinski definition) is 0. The van der Waals surface area contributed by atoms with E-state index in [9.17, 15) is 0 Å². The number of aryl methyl sites for hydroxylation is 1. The molecule has 0 radical (unpaired) electrons. The molecule has 0 saturated heterocycles. The molecule has 0 saturated carbocycles. The van der Waals surface area contributed by atoms with E-state index in [1.54, 1.807) is 10.7 Å². The van der Waals surface area contributed by atoms with E-state index in [0.29, 0.717) is 12.1 Å². The summed E-state index contributed by atoms with van der Waals surface area (Å²) >= 11 is 0. The van der Waals surface area contributed by atoms with Gasteiger partial charge in [0.15, 0.2) is 5.82 Å². The number of tetrazole rings is 1. The maximum atomic E-state index is 8.95. The van der Waals surface area contributed by atoms with E-state index in [4.69, 9.17) is 5.26 Å². The normalized spacial score (nSPS) is 10.3. The summed E-state index contributed by atoms with van der Waals surface area (Å²) < 4.78 is 1.74. The summed E-state index contributed by atoms with van der Waals surface area (Å²) in [6.45, 7) is 2.57. The number of hydrogen-bond acceptors (Lipinski definition) is 4. The lowest BCUT2D eigenvalue weighted by Gasteiger charge is -2.06. The maximum Gasteiger partial charge on any atom is 0.182 e. The van der Waals surface area contributed by atoms with Crippen molar-refractivity contribution in [2.45, 2.75) is 13.5 Å². The van der Waals surface area contributed by atoms with Crippen LogP contribution in [0.3, 0.4) is 0 Å². The zero-order chi connectivity index (χ0) is 14.7. The van der Waals surface area contributed by atoms with Crippen LogP contribution in [0.25, 0.3) is 11.4 Å². The molecule has 5 nitrogen and oxygen atoms in total. The molecule has 3 rings (SSSR count). The molecule has 0 atom stereocenters. The Hall–Kier alpha value is -3.00. The lowest BCUT2D eigenvalue weighted by Crippen LogP contribution is -2.04. The molecule has 102 valence electrons. The van der Waals surface area contributed by atoms with Gasteiger partial charge in [-0.3, -0.25) is 0 Å². The second-order valence-corrected chi connectivity index (χ2v) is 4.84. The third-order valence-electron chi connectivity index (χ3n) is 3.20. The lowest BCUT2D eigenvalue weighted by atomic mass is 10.1. The fourth-order valence-electron chi connectivity index (χ4n) is 2.21. The molecule has 2 aromatic carbocycles. The first-order chi connectivity index (χ1) is 10.3. The minimum Gasteiger partial charge on any atom is -0.221 e. The van der Waals surface area contributed by atoms with Crippen molar-refractivity contribution in [2.75, 3.05) is 0 Å². The monoisotopic (exact) mass is 275 g/mol. The fourth-order valence-corrected chi connectivity index (χ4v) is 2.21. The van der Waals surface area contributed by atoms with Crippen LogP contribution >= 0.6 is 0 Å². The SMILES string of the molecule is Cc1cccc(-c2nnnn2Cc2cccc(C#N)c2)c1. The summed E-state index contributed by atoms with van der Waals surface area (Å²) in [4.78, 5) is 0. The Labute approximate surface area is 122 Å². The Morgan fingerprint density at radius 3 is 2.81 bits per heavy atom. The summed E-state index contributed by atoms with van der Waals surface area (Å²) in [5, 5.41) is 20.9. The smallest absolute Gasteiger partial charge is 0.182 e. The fraction of sp³-hybridized carbons (Fsp3) is 0.125. The highest BCUT2D eigenvalue weighted by Crippen LogP contribution is 2.18. The highest BCUT2D eigenvalue weighted by atomic mass is 15.5. The predicted molar refractivity (Wildman–Crippen MR) is 78.2 cm³/mol. The van der Waals surface area contributed by atoms with Crippen molar-refractivity contribution in [3.05, 3.63) is 65.2 Å². The van der Waals surface area contributed by atoms with E-state index < -0.39 is 0 Å². The summed E-state index contributed by atoms with van der Waals surface area (Å²) in [5.41, 5.74) is 3.78. The molecule has 0 aliphatic carbocycles. The van der Waals surface area contributed by atoms with Gasteiger partial charge in [0, 0.05) is 5.56 Å². The summed E-state index contributed by atoms with van der Waals surface area (Å²) in [6.07, 6.45) is 0. The van der Waals surface area contributed by atoms with Gasteiger partial charge in [-0.25, -0.2) is 4.68 Å². The van der Waals surface area contributed by atoms with Crippen LogP contribution in [0.1, 0.15) is 16.7 Å². The third-order valence-corrected chi connectivity index (χ3v) is 3.20.